The van der Waals surface area contributed by atoms with Gasteiger partial charge >= 0.3 is 0 Å². The number of nitrogens with one attached hydrogen (secondary N) is 1. The Kier molecular flexibility index (Phi) is 2.27. The van der Waals surface area contributed by atoms with Gasteiger partial charge in [0.25, 0.3) is 0 Å². The lowest BCUT2D eigenvalue weighted by Crippen LogP contribution is -1.95. The molecule has 1 rings (SSSR count). The molecule has 0 saturated heterocycles. The Bertz CT molecular complexity index is 153. The third-order valence-electron chi connectivity index (χ3n) is 1.10. The van der Waals surface area contributed by atoms with Gasteiger partial charge < -0.3 is 9.72 Å². The highest BCUT2D eigenvalue weighted by Gasteiger charge is 1.90. The zero-order valence-corrected chi connectivity index (χ0v) is 5.42. The van der Waals surface area contributed by atoms with Gasteiger partial charge in [-0.15, -0.1) is 0 Å². The first-order valence-electron chi connectivity index (χ1n) is 2.90. The summed E-state index contributed by atoms with van der Waals surface area (Å²) in [5.41, 5.74) is 0. The first-order chi connectivity index (χ1) is 4.43. The lowest BCUT2D eigenvalue weighted by Gasteiger charge is -1.92. The first kappa shape index (κ1) is 6.29. The van der Waals surface area contributed by atoms with Crippen LogP contribution in [0.15, 0.2) is 12.4 Å². The highest BCUT2D eigenvalue weighted by molar-refractivity contribution is 4.86. The van der Waals surface area contributed by atoms with E-state index in [1.807, 2.05) is 6.20 Å². The van der Waals surface area contributed by atoms with Gasteiger partial charge in [-0.25, -0.2) is 4.98 Å². The maximum absolute atomic E-state index is 4.86. The molecule has 1 heterocycles. The van der Waals surface area contributed by atoms with Gasteiger partial charge in [-0.1, -0.05) is 0 Å². The predicted molar refractivity (Wildman–Crippen MR) is 36.3 cm³/mol. The minimum Gasteiger partial charge on any atom is -0.384 e. The van der Waals surface area contributed by atoms with Crippen LogP contribution in [0.5, 0.6) is 0 Å². The largest absolute Gasteiger partial charge is 0.384 e. The summed E-state index contributed by atoms with van der Waals surface area (Å²) in [6, 6.07) is 0. The van der Waals surface area contributed by atoms with Gasteiger partial charge in [0, 0.05) is 27.4 Å². The lowest BCUT2D eigenvalue weighted by molar-refractivity contribution is 0.200. The molecule has 1 aromatic heterocycles. The van der Waals surface area contributed by atoms with Gasteiger partial charge in [0.15, 0.2) is 0 Å². The first-order valence-corrected chi connectivity index (χ1v) is 2.90. The molecule has 0 unspecified atom stereocenters. The van der Waals surface area contributed by atoms with Crippen LogP contribution < -0.4 is 0 Å². The Hall–Kier alpha value is -0.830. The molecule has 0 aromatic carbocycles. The quantitative estimate of drug-likeness (QED) is 0.655. The van der Waals surface area contributed by atoms with E-state index in [-0.39, 0.29) is 1.43 Å². The number of methoxy groups -OCH3 is 1. The fourth-order valence-corrected chi connectivity index (χ4v) is 0.633. The molecular weight excluding hydrogens is 116 g/mol. The van der Waals surface area contributed by atoms with E-state index < -0.39 is 0 Å². The average Bonchev–Trinajstić information content (AvgIpc) is 2.34. The molecule has 0 radical (unpaired) electrons. The normalized spacial score (nSPS) is 9.89. The van der Waals surface area contributed by atoms with Crippen LogP contribution in [0.4, 0.5) is 0 Å². The van der Waals surface area contributed by atoms with Crippen molar-refractivity contribution in [1.29, 1.82) is 0 Å². The molecule has 0 aliphatic rings. The minimum atomic E-state index is 0. The van der Waals surface area contributed by atoms with Crippen molar-refractivity contribution in [2.75, 3.05) is 13.7 Å². The van der Waals surface area contributed by atoms with E-state index in [4.69, 9.17) is 4.74 Å². The molecule has 0 bridgehead atoms. The Labute approximate surface area is 55.6 Å². The van der Waals surface area contributed by atoms with E-state index in [0.29, 0.717) is 0 Å². The van der Waals surface area contributed by atoms with Crippen molar-refractivity contribution in [3.05, 3.63) is 18.2 Å². The topological polar surface area (TPSA) is 37.9 Å². The number of H-pyrrole nitrogens is 1. The van der Waals surface area contributed by atoms with E-state index in [2.05, 4.69) is 9.97 Å². The Balaban J connectivity index is 0.000000810. The van der Waals surface area contributed by atoms with Crippen molar-refractivity contribution in [2.24, 2.45) is 0 Å². The summed E-state index contributed by atoms with van der Waals surface area (Å²) in [5.74, 6) is 0.983. The molecule has 0 spiro atoms. The lowest BCUT2D eigenvalue weighted by atomic mass is 10.4. The molecule has 0 amide bonds. The Morgan fingerprint density at radius 3 is 3.33 bits per heavy atom. The number of hydrogen-bond donors (Lipinski definition) is 1. The van der Waals surface area contributed by atoms with Crippen LogP contribution in [0.2, 0.25) is 0 Å². The maximum Gasteiger partial charge on any atom is 0.108 e. The van der Waals surface area contributed by atoms with Crippen LogP contribution in [0, 0.1) is 0 Å². The molecule has 9 heavy (non-hydrogen) atoms. The monoisotopic (exact) mass is 128 g/mol. The second-order valence-corrected chi connectivity index (χ2v) is 1.78. The summed E-state index contributed by atoms with van der Waals surface area (Å²) in [5, 5.41) is 0. The van der Waals surface area contributed by atoms with Gasteiger partial charge in [-0.3, -0.25) is 0 Å². The second kappa shape index (κ2) is 3.25. The van der Waals surface area contributed by atoms with E-state index in [1.54, 1.807) is 13.3 Å². The third-order valence-corrected chi connectivity index (χ3v) is 1.10. The van der Waals surface area contributed by atoms with Crippen molar-refractivity contribution in [1.82, 2.24) is 9.97 Å². The summed E-state index contributed by atoms with van der Waals surface area (Å²) in [4.78, 5) is 7.00. The van der Waals surface area contributed by atoms with Gasteiger partial charge in [0.2, 0.25) is 0 Å². The number of hydrogen-bond acceptors (Lipinski definition) is 2. The minimum absolute atomic E-state index is 0. The van der Waals surface area contributed by atoms with Crippen LogP contribution in [0.1, 0.15) is 7.25 Å². The number of aromatic nitrogens is 2. The van der Waals surface area contributed by atoms with Crippen molar-refractivity contribution in [2.45, 2.75) is 6.42 Å². The zero-order valence-electron chi connectivity index (χ0n) is 5.42. The Morgan fingerprint density at radius 2 is 2.78 bits per heavy atom. The molecule has 0 aliphatic heterocycles. The van der Waals surface area contributed by atoms with Gasteiger partial charge in [-0.2, -0.15) is 0 Å². The van der Waals surface area contributed by atoms with E-state index in [0.717, 1.165) is 18.9 Å². The SMILES string of the molecule is COCCc1ncc[nH]1.[HH]. The number of nitrogens with zero attached hydrogens (tertiary/aromatic N) is 1. The summed E-state index contributed by atoms with van der Waals surface area (Å²) in [6.45, 7) is 0.730. The second-order valence-electron chi connectivity index (χ2n) is 1.78. The number of imidazole rings is 1. The number of aromatic amines is 1. The number of rotatable bonds is 3. The fourth-order valence-electron chi connectivity index (χ4n) is 0.633. The molecule has 1 N–H and O–H groups in total. The predicted octanol–water partition coefficient (Wildman–Crippen LogP) is 0.845. The molecule has 0 atom stereocenters. The van der Waals surface area contributed by atoms with Crippen LogP contribution in [-0.2, 0) is 11.2 Å². The smallest absolute Gasteiger partial charge is 0.108 e. The highest BCUT2D eigenvalue weighted by Crippen LogP contribution is 1.88. The van der Waals surface area contributed by atoms with Gasteiger partial charge in [-0.05, 0) is 0 Å². The standard InChI is InChI=1S/C6H10N2O.H2/c1-9-5-2-6-7-3-4-8-6;/h3-4H,2,5H2,1H3,(H,7,8);1H. The van der Waals surface area contributed by atoms with Crippen LogP contribution in [0.25, 0.3) is 0 Å². The molecular formula is C6H12N2O. The van der Waals surface area contributed by atoms with Gasteiger partial charge in [0.05, 0.1) is 6.61 Å². The summed E-state index contributed by atoms with van der Waals surface area (Å²) in [7, 11) is 1.68. The van der Waals surface area contributed by atoms with Crippen molar-refractivity contribution < 1.29 is 6.16 Å². The van der Waals surface area contributed by atoms with Crippen molar-refractivity contribution in [3.8, 4) is 0 Å². The van der Waals surface area contributed by atoms with Crippen LogP contribution >= 0.6 is 0 Å². The van der Waals surface area contributed by atoms with Crippen LogP contribution in [0.3, 0.4) is 0 Å². The highest BCUT2D eigenvalue weighted by atomic mass is 16.5. The fraction of sp³-hybridized carbons (Fsp3) is 0.500. The van der Waals surface area contributed by atoms with Crippen LogP contribution in [-0.4, -0.2) is 23.7 Å². The molecule has 0 fully saturated rings. The molecule has 3 heteroatoms. The van der Waals surface area contributed by atoms with Crippen molar-refractivity contribution >= 4 is 0 Å². The van der Waals surface area contributed by atoms with E-state index >= 15 is 0 Å². The molecule has 0 aliphatic carbocycles. The average molecular weight is 128 g/mol. The summed E-state index contributed by atoms with van der Waals surface area (Å²) in [6.07, 6.45) is 4.42. The molecule has 3 nitrogen and oxygen atoms in total. The summed E-state index contributed by atoms with van der Waals surface area (Å²) >= 11 is 0. The summed E-state index contributed by atoms with van der Waals surface area (Å²) < 4.78 is 4.86. The molecule has 52 valence electrons. The van der Waals surface area contributed by atoms with E-state index in [1.165, 1.54) is 0 Å². The maximum atomic E-state index is 4.86. The third kappa shape index (κ3) is 1.85. The zero-order chi connectivity index (χ0) is 6.53. The molecule has 1 aromatic rings. The Morgan fingerprint density at radius 1 is 1.89 bits per heavy atom. The van der Waals surface area contributed by atoms with Gasteiger partial charge in [0.1, 0.15) is 5.82 Å². The van der Waals surface area contributed by atoms with Crippen molar-refractivity contribution in [3.63, 3.8) is 0 Å². The van der Waals surface area contributed by atoms with E-state index in [9.17, 15) is 0 Å². The number of ether oxygens (including phenoxy) is 1. The molecule has 0 saturated carbocycles.